The van der Waals surface area contributed by atoms with Gasteiger partial charge in [0, 0.05) is 39.3 Å². The van der Waals surface area contributed by atoms with Crippen molar-refractivity contribution in [1.82, 2.24) is 19.2 Å². The van der Waals surface area contributed by atoms with Gasteiger partial charge in [-0.2, -0.15) is 17.4 Å². The van der Waals surface area contributed by atoms with Gasteiger partial charge in [0.25, 0.3) is 10.2 Å². The third-order valence-corrected chi connectivity index (χ3v) is 5.88. The van der Waals surface area contributed by atoms with Crippen LogP contribution in [0, 0.1) is 0 Å². The van der Waals surface area contributed by atoms with Gasteiger partial charge >= 0.3 is 0 Å². The van der Waals surface area contributed by atoms with Gasteiger partial charge in [0.15, 0.2) is 0 Å². The molecule has 0 atom stereocenters. The average Bonchev–Trinajstić information content (AvgIpc) is 2.50. The second-order valence-corrected chi connectivity index (χ2v) is 7.51. The van der Waals surface area contributed by atoms with Gasteiger partial charge in [-0.25, -0.2) is 0 Å². The lowest BCUT2D eigenvalue weighted by atomic mass is 10.1. The van der Waals surface area contributed by atoms with Crippen LogP contribution in [0.4, 0.5) is 0 Å². The Morgan fingerprint density at radius 2 is 1.71 bits per heavy atom. The van der Waals surface area contributed by atoms with Crippen LogP contribution >= 0.6 is 0 Å². The van der Waals surface area contributed by atoms with E-state index in [2.05, 4.69) is 14.9 Å². The first-order valence-electron chi connectivity index (χ1n) is 7.71. The summed E-state index contributed by atoms with van der Waals surface area (Å²) in [5.41, 5.74) is 0. The number of hydrogen-bond acceptors (Lipinski definition) is 4. The number of carbonyl (C=O) groups is 1. The van der Waals surface area contributed by atoms with Crippen LogP contribution in [0.1, 0.15) is 32.1 Å². The summed E-state index contributed by atoms with van der Waals surface area (Å²) >= 11 is 0. The maximum Gasteiger partial charge on any atom is 0.279 e. The van der Waals surface area contributed by atoms with E-state index in [4.69, 9.17) is 0 Å². The second-order valence-electron chi connectivity index (χ2n) is 5.81. The molecule has 8 heteroatoms. The van der Waals surface area contributed by atoms with Crippen molar-refractivity contribution in [3.05, 3.63) is 0 Å². The Kier molecular flexibility index (Phi) is 5.98. The van der Waals surface area contributed by atoms with Crippen molar-refractivity contribution in [2.45, 2.75) is 38.1 Å². The zero-order valence-electron chi connectivity index (χ0n) is 12.7. The van der Waals surface area contributed by atoms with E-state index >= 15 is 0 Å². The molecule has 122 valence electrons. The van der Waals surface area contributed by atoms with Gasteiger partial charge in [-0.15, -0.1) is 0 Å². The van der Waals surface area contributed by atoms with Crippen molar-refractivity contribution in [1.29, 1.82) is 0 Å². The largest absolute Gasteiger partial charge is 0.358 e. The van der Waals surface area contributed by atoms with Gasteiger partial charge in [0.05, 0.1) is 6.54 Å². The summed E-state index contributed by atoms with van der Waals surface area (Å²) in [6.45, 7) is 3.15. The summed E-state index contributed by atoms with van der Waals surface area (Å²) in [5.74, 6) is 0.00217. The van der Waals surface area contributed by atoms with E-state index in [1.807, 2.05) is 0 Å². The van der Waals surface area contributed by atoms with E-state index in [0.717, 1.165) is 45.2 Å². The molecule has 0 radical (unpaired) electrons. The molecule has 0 aromatic rings. The van der Waals surface area contributed by atoms with Crippen molar-refractivity contribution in [2.24, 2.45) is 0 Å². The fourth-order valence-electron chi connectivity index (χ4n) is 2.88. The quantitative estimate of drug-likeness (QED) is 0.717. The number of piperidine rings is 2. The number of carbonyl (C=O) groups excluding carboxylic acids is 1. The predicted molar refractivity (Wildman–Crippen MR) is 81.0 cm³/mol. The second kappa shape index (κ2) is 7.53. The van der Waals surface area contributed by atoms with Crippen LogP contribution in [0.15, 0.2) is 0 Å². The number of nitrogens with one attached hydrogen (secondary N) is 2. The molecule has 2 fully saturated rings. The van der Waals surface area contributed by atoms with E-state index < -0.39 is 10.2 Å². The SMILES string of the molecule is CNC(=O)CN1CCC(NS(=O)(=O)N2CCCCC2)CC1. The van der Waals surface area contributed by atoms with Crippen LogP contribution < -0.4 is 10.0 Å². The Morgan fingerprint density at radius 1 is 1.10 bits per heavy atom. The molecule has 0 unspecified atom stereocenters. The summed E-state index contributed by atoms with van der Waals surface area (Å²) in [7, 11) is -1.72. The highest BCUT2D eigenvalue weighted by atomic mass is 32.2. The molecule has 2 saturated heterocycles. The lowest BCUT2D eigenvalue weighted by Crippen LogP contribution is -2.51. The molecule has 2 heterocycles. The molecule has 0 spiro atoms. The summed E-state index contributed by atoms with van der Waals surface area (Å²) in [6, 6.07) is -0.0159. The third kappa shape index (κ3) is 4.91. The first-order valence-corrected chi connectivity index (χ1v) is 9.15. The fourth-order valence-corrected chi connectivity index (χ4v) is 4.43. The van der Waals surface area contributed by atoms with Gasteiger partial charge in [0.2, 0.25) is 5.91 Å². The fraction of sp³-hybridized carbons (Fsp3) is 0.923. The monoisotopic (exact) mass is 318 g/mol. The van der Waals surface area contributed by atoms with Crippen LogP contribution in [0.2, 0.25) is 0 Å². The molecule has 2 rings (SSSR count). The first-order chi connectivity index (χ1) is 10.0. The summed E-state index contributed by atoms with van der Waals surface area (Å²) < 4.78 is 29.0. The Balaban J connectivity index is 1.78. The van der Waals surface area contributed by atoms with Crippen molar-refractivity contribution in [2.75, 3.05) is 39.8 Å². The summed E-state index contributed by atoms with van der Waals surface area (Å²) in [4.78, 5) is 13.4. The molecule has 0 aliphatic carbocycles. The van der Waals surface area contributed by atoms with Gasteiger partial charge in [-0.1, -0.05) is 6.42 Å². The van der Waals surface area contributed by atoms with Crippen LogP contribution in [0.5, 0.6) is 0 Å². The molecule has 0 aromatic heterocycles. The Hall–Kier alpha value is -0.700. The maximum atomic E-state index is 12.3. The van der Waals surface area contributed by atoms with Crippen molar-refractivity contribution in [3.8, 4) is 0 Å². The molecule has 2 N–H and O–H groups in total. The van der Waals surface area contributed by atoms with Crippen molar-refractivity contribution in [3.63, 3.8) is 0 Å². The van der Waals surface area contributed by atoms with E-state index in [0.29, 0.717) is 19.6 Å². The number of likely N-dealkylation sites (tertiary alicyclic amines) is 1. The third-order valence-electron chi connectivity index (χ3n) is 4.20. The van der Waals surface area contributed by atoms with Crippen molar-refractivity contribution < 1.29 is 13.2 Å². The lowest BCUT2D eigenvalue weighted by molar-refractivity contribution is -0.122. The Labute approximate surface area is 127 Å². The zero-order chi connectivity index (χ0) is 15.3. The predicted octanol–water partition coefficient (Wildman–Crippen LogP) is -0.483. The molecule has 2 aliphatic heterocycles. The smallest absolute Gasteiger partial charge is 0.279 e. The normalized spacial score (nSPS) is 23.1. The van der Waals surface area contributed by atoms with Gasteiger partial charge in [0.1, 0.15) is 0 Å². The molecule has 21 heavy (non-hydrogen) atoms. The molecular weight excluding hydrogens is 292 g/mol. The first kappa shape index (κ1) is 16.7. The van der Waals surface area contributed by atoms with E-state index in [-0.39, 0.29) is 11.9 Å². The minimum atomic E-state index is -3.34. The highest BCUT2D eigenvalue weighted by molar-refractivity contribution is 7.87. The van der Waals surface area contributed by atoms with Gasteiger partial charge < -0.3 is 5.32 Å². The number of amides is 1. The lowest BCUT2D eigenvalue weighted by Gasteiger charge is -2.33. The summed E-state index contributed by atoms with van der Waals surface area (Å²) in [6.07, 6.45) is 4.52. The number of likely N-dealkylation sites (N-methyl/N-ethyl adjacent to an activating group) is 1. The number of rotatable bonds is 5. The Morgan fingerprint density at radius 3 is 2.29 bits per heavy atom. The number of hydrogen-bond donors (Lipinski definition) is 2. The van der Waals surface area contributed by atoms with E-state index in [1.165, 1.54) is 0 Å². The van der Waals surface area contributed by atoms with Gasteiger partial charge in [-0.3, -0.25) is 9.69 Å². The Bertz CT molecular complexity index is 440. The van der Waals surface area contributed by atoms with Crippen LogP contribution in [-0.4, -0.2) is 69.3 Å². The highest BCUT2D eigenvalue weighted by Crippen LogP contribution is 2.15. The van der Waals surface area contributed by atoms with Crippen molar-refractivity contribution >= 4 is 16.1 Å². The molecule has 0 aromatic carbocycles. The van der Waals surface area contributed by atoms with Crippen LogP contribution in [0.3, 0.4) is 0 Å². The number of nitrogens with zero attached hydrogens (tertiary/aromatic N) is 2. The molecule has 7 nitrogen and oxygen atoms in total. The van der Waals surface area contributed by atoms with Crippen LogP contribution in [-0.2, 0) is 15.0 Å². The molecule has 1 amide bonds. The maximum absolute atomic E-state index is 12.3. The molecule has 2 aliphatic rings. The highest BCUT2D eigenvalue weighted by Gasteiger charge is 2.29. The minimum absolute atomic E-state index is 0.00217. The average molecular weight is 318 g/mol. The molecular formula is C13H26N4O3S. The molecule has 0 saturated carbocycles. The van der Waals surface area contributed by atoms with E-state index in [9.17, 15) is 13.2 Å². The standard InChI is InChI=1S/C13H26N4O3S/c1-14-13(18)11-16-9-5-12(6-10-16)15-21(19,20)17-7-3-2-4-8-17/h12,15H,2-11H2,1H3,(H,14,18). The van der Waals surface area contributed by atoms with Crippen LogP contribution in [0.25, 0.3) is 0 Å². The minimum Gasteiger partial charge on any atom is -0.358 e. The molecule has 0 bridgehead atoms. The zero-order valence-corrected chi connectivity index (χ0v) is 13.5. The topological polar surface area (TPSA) is 81.8 Å². The summed E-state index contributed by atoms with van der Waals surface area (Å²) in [5, 5.41) is 2.61. The van der Waals surface area contributed by atoms with Gasteiger partial charge in [-0.05, 0) is 25.7 Å². The van der Waals surface area contributed by atoms with E-state index in [1.54, 1.807) is 11.4 Å².